The number of carbonyl (C=O) groups is 3. The first-order chi connectivity index (χ1) is 20.4. The van der Waals surface area contributed by atoms with Crippen LogP contribution in [0.4, 0.5) is 11.4 Å². The number of fused-ring (bicyclic) bond motifs is 1. The Morgan fingerprint density at radius 3 is 2.24 bits per heavy atom. The van der Waals surface area contributed by atoms with Crippen molar-refractivity contribution in [3.8, 4) is 11.5 Å². The van der Waals surface area contributed by atoms with Gasteiger partial charge in [-0.1, -0.05) is 36.4 Å². The van der Waals surface area contributed by atoms with Gasteiger partial charge in [0.2, 0.25) is 11.8 Å². The topological polar surface area (TPSA) is 92.7 Å². The van der Waals surface area contributed by atoms with Gasteiger partial charge < -0.3 is 15.0 Å². The van der Waals surface area contributed by atoms with Crippen molar-refractivity contribution in [3.05, 3.63) is 120 Å². The van der Waals surface area contributed by atoms with Gasteiger partial charge in [-0.3, -0.25) is 24.5 Å². The average molecular weight is 559 g/mol. The van der Waals surface area contributed by atoms with Gasteiger partial charge in [0.25, 0.3) is 5.91 Å². The minimum absolute atomic E-state index is 0.111. The number of benzene rings is 4. The number of aryl methyl sites for hydroxylation is 2. The summed E-state index contributed by atoms with van der Waals surface area (Å²) < 4.78 is 7.86. The monoisotopic (exact) mass is 558 g/mol. The van der Waals surface area contributed by atoms with Crippen LogP contribution in [0.2, 0.25) is 0 Å². The van der Waals surface area contributed by atoms with Gasteiger partial charge in [0.05, 0.1) is 5.92 Å². The molecule has 5 aromatic rings. The molecule has 3 amide bonds. The van der Waals surface area contributed by atoms with Crippen molar-refractivity contribution < 1.29 is 19.1 Å². The van der Waals surface area contributed by atoms with Gasteiger partial charge in [-0.05, 0) is 86.0 Å². The lowest BCUT2D eigenvalue weighted by molar-refractivity contribution is -0.122. The number of hydrogen-bond acceptors (Lipinski definition) is 4. The molecule has 4 aromatic carbocycles. The van der Waals surface area contributed by atoms with E-state index < -0.39 is 5.92 Å². The van der Waals surface area contributed by atoms with E-state index in [4.69, 9.17) is 4.74 Å². The smallest absolute Gasteiger partial charge is 0.270 e. The molecule has 1 atom stereocenters. The molecular weight excluding hydrogens is 528 g/mol. The van der Waals surface area contributed by atoms with Crippen molar-refractivity contribution in [2.45, 2.75) is 20.3 Å². The maximum atomic E-state index is 13.0. The lowest BCUT2D eigenvalue weighted by Gasteiger charge is -2.17. The fourth-order valence-corrected chi connectivity index (χ4v) is 5.20. The largest absolute Gasteiger partial charge is 0.457 e. The van der Waals surface area contributed by atoms with E-state index in [1.807, 2.05) is 92.7 Å². The summed E-state index contributed by atoms with van der Waals surface area (Å²) in [6.45, 7) is 4.11. The van der Waals surface area contributed by atoms with Crippen LogP contribution in [0.5, 0.6) is 11.5 Å². The lowest BCUT2D eigenvalue weighted by atomic mass is 10.1. The van der Waals surface area contributed by atoms with Gasteiger partial charge in [-0.15, -0.1) is 0 Å². The zero-order valence-electron chi connectivity index (χ0n) is 23.3. The maximum absolute atomic E-state index is 13.0. The van der Waals surface area contributed by atoms with Crippen molar-refractivity contribution in [2.75, 3.05) is 22.2 Å². The normalized spacial score (nSPS) is 14.7. The summed E-state index contributed by atoms with van der Waals surface area (Å²) in [5, 5.41) is 5.00. The summed E-state index contributed by atoms with van der Waals surface area (Å²) in [5.74, 6) is 0.326. The Morgan fingerprint density at radius 1 is 0.810 bits per heavy atom. The Balaban J connectivity index is 1.06. The predicted octanol–water partition coefficient (Wildman–Crippen LogP) is 6.43. The first-order valence-electron chi connectivity index (χ1n) is 13.8. The first kappa shape index (κ1) is 26.8. The standard InChI is InChI=1S/C34H30N4O4/c1-22-10-11-23(2)38(22)36-34(41)25-12-14-27(15-13-25)35-33(40)26-20-32(39)37(21-26)28-16-18-29(19-17-28)42-31-9-5-7-24-6-3-4-8-30(24)31/h3-19,26H,20-21H2,1-2H3,(H,35,40)(H,36,41)/t26-/m1/s1. The number of hydrogen-bond donors (Lipinski definition) is 2. The van der Waals surface area contributed by atoms with E-state index >= 15 is 0 Å². The van der Waals surface area contributed by atoms with Crippen LogP contribution >= 0.6 is 0 Å². The van der Waals surface area contributed by atoms with Crippen LogP contribution in [-0.4, -0.2) is 28.9 Å². The Hall–Kier alpha value is -5.37. The minimum atomic E-state index is -0.494. The molecule has 8 nitrogen and oxygen atoms in total. The van der Waals surface area contributed by atoms with Crippen LogP contribution in [0.15, 0.2) is 103 Å². The van der Waals surface area contributed by atoms with Crippen LogP contribution < -0.4 is 20.4 Å². The van der Waals surface area contributed by atoms with Crippen LogP contribution in [-0.2, 0) is 9.59 Å². The second-order valence-corrected chi connectivity index (χ2v) is 10.4. The van der Waals surface area contributed by atoms with E-state index in [1.165, 1.54) is 0 Å². The highest BCUT2D eigenvalue weighted by Gasteiger charge is 2.35. The molecule has 0 saturated carbocycles. The third-order valence-corrected chi connectivity index (χ3v) is 7.52. The molecule has 210 valence electrons. The van der Waals surface area contributed by atoms with Gasteiger partial charge in [-0.2, -0.15) is 0 Å². The van der Waals surface area contributed by atoms with E-state index in [0.717, 1.165) is 27.9 Å². The van der Waals surface area contributed by atoms with E-state index in [9.17, 15) is 14.4 Å². The summed E-state index contributed by atoms with van der Waals surface area (Å²) in [6.07, 6.45) is 0.121. The van der Waals surface area contributed by atoms with Crippen molar-refractivity contribution in [2.24, 2.45) is 5.92 Å². The third kappa shape index (κ3) is 5.47. The second-order valence-electron chi connectivity index (χ2n) is 10.4. The van der Waals surface area contributed by atoms with E-state index in [0.29, 0.717) is 22.7 Å². The van der Waals surface area contributed by atoms with Crippen LogP contribution in [0.1, 0.15) is 28.2 Å². The number of nitrogens with zero attached hydrogens (tertiary/aromatic N) is 2. The van der Waals surface area contributed by atoms with E-state index in [-0.39, 0.29) is 30.7 Å². The number of carbonyl (C=O) groups excluding carboxylic acids is 3. The molecule has 0 spiro atoms. The van der Waals surface area contributed by atoms with Crippen LogP contribution in [0.3, 0.4) is 0 Å². The molecule has 8 heteroatoms. The quantitative estimate of drug-likeness (QED) is 0.241. The molecule has 1 saturated heterocycles. The van der Waals surface area contributed by atoms with Crippen molar-refractivity contribution in [1.82, 2.24) is 4.68 Å². The Morgan fingerprint density at radius 2 is 1.50 bits per heavy atom. The summed E-state index contributed by atoms with van der Waals surface area (Å²) in [5.41, 5.74) is 6.46. The van der Waals surface area contributed by atoms with E-state index in [2.05, 4.69) is 10.7 Å². The van der Waals surface area contributed by atoms with Crippen molar-refractivity contribution in [1.29, 1.82) is 0 Å². The highest BCUT2D eigenvalue weighted by Crippen LogP contribution is 2.32. The fourth-order valence-electron chi connectivity index (χ4n) is 5.20. The Labute approximate surface area is 243 Å². The molecule has 1 aliphatic heterocycles. The molecule has 6 rings (SSSR count). The molecule has 0 radical (unpaired) electrons. The highest BCUT2D eigenvalue weighted by molar-refractivity contribution is 6.04. The summed E-state index contributed by atoms with van der Waals surface area (Å²) in [4.78, 5) is 40.1. The number of anilines is 2. The lowest BCUT2D eigenvalue weighted by Crippen LogP contribution is -2.28. The molecule has 2 heterocycles. The predicted molar refractivity (Wildman–Crippen MR) is 164 cm³/mol. The molecule has 2 N–H and O–H groups in total. The number of rotatable bonds is 7. The first-order valence-corrected chi connectivity index (χ1v) is 13.8. The van der Waals surface area contributed by atoms with Gasteiger partial charge >= 0.3 is 0 Å². The van der Waals surface area contributed by atoms with Gasteiger partial charge in [0, 0.05) is 46.7 Å². The summed E-state index contributed by atoms with van der Waals surface area (Å²) >= 11 is 0. The number of aromatic nitrogens is 1. The zero-order valence-corrected chi connectivity index (χ0v) is 23.3. The SMILES string of the molecule is Cc1ccc(C)n1NC(=O)c1ccc(NC(=O)[C@@H]2CC(=O)N(c3ccc(Oc4cccc5ccccc45)cc3)C2)cc1. The van der Waals surface area contributed by atoms with Crippen molar-refractivity contribution in [3.63, 3.8) is 0 Å². The minimum Gasteiger partial charge on any atom is -0.457 e. The Bertz CT molecular complexity index is 1770. The van der Waals surface area contributed by atoms with Crippen LogP contribution in [0, 0.1) is 19.8 Å². The molecule has 0 unspecified atom stereocenters. The Kier molecular flexibility index (Phi) is 7.19. The van der Waals surface area contributed by atoms with Crippen LogP contribution in [0.25, 0.3) is 10.8 Å². The molecule has 1 aliphatic rings. The highest BCUT2D eigenvalue weighted by atomic mass is 16.5. The molecular formula is C34H30N4O4. The van der Waals surface area contributed by atoms with E-state index in [1.54, 1.807) is 33.8 Å². The average Bonchev–Trinajstić information content (AvgIpc) is 3.55. The van der Waals surface area contributed by atoms with Gasteiger partial charge in [0.1, 0.15) is 11.5 Å². The molecule has 0 bridgehead atoms. The van der Waals surface area contributed by atoms with Gasteiger partial charge in [0.15, 0.2) is 0 Å². The van der Waals surface area contributed by atoms with Gasteiger partial charge in [-0.25, -0.2) is 0 Å². The molecule has 42 heavy (non-hydrogen) atoms. The number of ether oxygens (including phenoxy) is 1. The summed E-state index contributed by atoms with van der Waals surface area (Å²) in [6, 6.07) is 31.8. The second kappa shape index (κ2) is 11.2. The number of nitrogens with one attached hydrogen (secondary N) is 2. The maximum Gasteiger partial charge on any atom is 0.270 e. The molecule has 1 aromatic heterocycles. The molecule has 1 fully saturated rings. The zero-order chi connectivity index (χ0) is 29.2. The fraction of sp³-hybridized carbons (Fsp3) is 0.147. The third-order valence-electron chi connectivity index (χ3n) is 7.52. The van der Waals surface area contributed by atoms with Crippen molar-refractivity contribution >= 4 is 39.9 Å². The molecule has 0 aliphatic carbocycles. The number of amides is 3. The summed E-state index contributed by atoms with van der Waals surface area (Å²) in [7, 11) is 0.